The number of ether oxygens (including phenoxy) is 1. The van der Waals surface area contributed by atoms with Crippen molar-refractivity contribution >= 4 is 29.9 Å². The van der Waals surface area contributed by atoms with Gasteiger partial charge in [0.05, 0.1) is 0 Å². The van der Waals surface area contributed by atoms with Crippen LogP contribution in [0.3, 0.4) is 0 Å². The Morgan fingerprint density at radius 3 is 2.74 bits per heavy atom. The quantitative estimate of drug-likeness (QED) is 0.336. The van der Waals surface area contributed by atoms with Crippen molar-refractivity contribution < 1.29 is 4.74 Å². The first-order valence-electron chi connectivity index (χ1n) is 8.01. The Kier molecular flexibility index (Phi) is 9.06. The van der Waals surface area contributed by atoms with Gasteiger partial charge >= 0.3 is 0 Å². The third-order valence-corrected chi connectivity index (χ3v) is 4.06. The molecule has 1 aromatic carbocycles. The van der Waals surface area contributed by atoms with Crippen LogP contribution in [-0.2, 0) is 6.54 Å². The summed E-state index contributed by atoms with van der Waals surface area (Å²) in [6.45, 7) is 9.41. The van der Waals surface area contributed by atoms with Gasteiger partial charge in [0.15, 0.2) is 5.96 Å². The summed E-state index contributed by atoms with van der Waals surface area (Å²) in [7, 11) is 1.85. The van der Waals surface area contributed by atoms with E-state index in [1.165, 1.54) is 12.8 Å². The van der Waals surface area contributed by atoms with Crippen LogP contribution in [0.25, 0.3) is 0 Å². The number of rotatable bonds is 5. The molecule has 128 valence electrons. The zero-order valence-corrected chi connectivity index (χ0v) is 16.5. The summed E-state index contributed by atoms with van der Waals surface area (Å²) in [5.74, 6) is 2.70. The maximum atomic E-state index is 5.70. The lowest BCUT2D eigenvalue weighted by Crippen LogP contribution is -2.45. The number of hydrogen-bond acceptors (Lipinski definition) is 2. The number of halogens is 1. The Morgan fingerprint density at radius 1 is 1.39 bits per heavy atom. The molecule has 0 bridgehead atoms. The summed E-state index contributed by atoms with van der Waals surface area (Å²) in [6, 6.07) is 8.09. The first-order valence-corrected chi connectivity index (χ1v) is 8.01. The zero-order valence-electron chi connectivity index (χ0n) is 14.1. The van der Waals surface area contributed by atoms with Gasteiger partial charge in [0.2, 0.25) is 0 Å². The van der Waals surface area contributed by atoms with Crippen LogP contribution in [0.5, 0.6) is 5.75 Å². The Morgan fingerprint density at radius 2 is 2.09 bits per heavy atom. The SMILES string of the molecule is C=CCOc1ccccc1CNC(=NC)N1CCC(C)CC1.I. The second kappa shape index (κ2) is 10.5. The van der Waals surface area contributed by atoms with Crippen LogP contribution < -0.4 is 10.1 Å². The predicted octanol–water partition coefficient (Wildman–Crippen LogP) is 3.68. The fourth-order valence-corrected chi connectivity index (χ4v) is 2.67. The Hall–Kier alpha value is -1.24. The normalized spacial score (nSPS) is 15.7. The summed E-state index contributed by atoms with van der Waals surface area (Å²) in [6.07, 6.45) is 4.23. The number of likely N-dealkylation sites (tertiary alicyclic amines) is 1. The van der Waals surface area contributed by atoms with Crippen LogP contribution in [0.4, 0.5) is 0 Å². The molecule has 0 amide bonds. The van der Waals surface area contributed by atoms with Gasteiger partial charge in [0.1, 0.15) is 12.4 Å². The van der Waals surface area contributed by atoms with Crippen molar-refractivity contribution in [2.24, 2.45) is 10.9 Å². The molecular formula is C18H28IN3O. The number of nitrogens with zero attached hydrogens (tertiary/aromatic N) is 2. The largest absolute Gasteiger partial charge is 0.489 e. The summed E-state index contributed by atoms with van der Waals surface area (Å²) in [5.41, 5.74) is 1.14. The van der Waals surface area contributed by atoms with Crippen molar-refractivity contribution in [2.75, 3.05) is 26.7 Å². The van der Waals surface area contributed by atoms with E-state index in [4.69, 9.17) is 4.74 Å². The molecule has 2 rings (SSSR count). The number of piperidine rings is 1. The summed E-state index contributed by atoms with van der Waals surface area (Å²) in [5, 5.41) is 3.46. The average Bonchev–Trinajstić information content (AvgIpc) is 2.56. The second-order valence-corrected chi connectivity index (χ2v) is 5.78. The van der Waals surface area contributed by atoms with Gasteiger partial charge in [-0.2, -0.15) is 0 Å². The Balaban J connectivity index is 0.00000264. The number of benzene rings is 1. The lowest BCUT2D eigenvalue weighted by atomic mass is 9.99. The summed E-state index contributed by atoms with van der Waals surface area (Å²) >= 11 is 0. The van der Waals surface area contributed by atoms with E-state index < -0.39 is 0 Å². The molecular weight excluding hydrogens is 401 g/mol. The average molecular weight is 429 g/mol. The van der Waals surface area contributed by atoms with Crippen LogP contribution in [0, 0.1) is 5.92 Å². The third kappa shape index (κ3) is 6.05. The molecule has 4 nitrogen and oxygen atoms in total. The number of aliphatic imine (C=N–C) groups is 1. The van der Waals surface area contributed by atoms with Crippen LogP contribution in [0.15, 0.2) is 41.9 Å². The lowest BCUT2D eigenvalue weighted by Gasteiger charge is -2.33. The molecule has 1 aliphatic heterocycles. The van der Waals surface area contributed by atoms with E-state index >= 15 is 0 Å². The van der Waals surface area contributed by atoms with Crippen molar-refractivity contribution in [2.45, 2.75) is 26.3 Å². The molecule has 0 aliphatic carbocycles. The van der Waals surface area contributed by atoms with Crippen LogP contribution in [-0.4, -0.2) is 37.6 Å². The van der Waals surface area contributed by atoms with Crippen LogP contribution in [0.2, 0.25) is 0 Å². The van der Waals surface area contributed by atoms with E-state index in [1.54, 1.807) is 6.08 Å². The maximum Gasteiger partial charge on any atom is 0.193 e. The van der Waals surface area contributed by atoms with Crippen LogP contribution >= 0.6 is 24.0 Å². The van der Waals surface area contributed by atoms with E-state index in [1.807, 2.05) is 25.2 Å². The first kappa shape index (κ1) is 19.8. The highest BCUT2D eigenvalue weighted by Gasteiger charge is 2.18. The molecule has 0 radical (unpaired) electrons. The molecule has 0 spiro atoms. The van der Waals surface area contributed by atoms with Gasteiger partial charge in [-0.05, 0) is 24.8 Å². The van der Waals surface area contributed by atoms with Crippen molar-refractivity contribution in [1.29, 1.82) is 0 Å². The molecule has 1 fully saturated rings. The zero-order chi connectivity index (χ0) is 15.8. The van der Waals surface area contributed by atoms with Gasteiger partial charge in [-0.1, -0.05) is 37.8 Å². The first-order chi connectivity index (χ1) is 10.7. The molecule has 5 heteroatoms. The fourth-order valence-electron chi connectivity index (χ4n) is 2.67. The number of para-hydroxylation sites is 1. The van der Waals surface area contributed by atoms with E-state index in [2.05, 4.69) is 34.8 Å². The molecule has 1 heterocycles. The molecule has 1 aromatic rings. The van der Waals surface area contributed by atoms with Crippen molar-refractivity contribution in [1.82, 2.24) is 10.2 Å². The van der Waals surface area contributed by atoms with Crippen molar-refractivity contribution in [3.05, 3.63) is 42.5 Å². The smallest absolute Gasteiger partial charge is 0.193 e. The predicted molar refractivity (Wildman–Crippen MR) is 108 cm³/mol. The third-order valence-electron chi connectivity index (χ3n) is 4.06. The molecule has 0 aromatic heterocycles. The van der Waals surface area contributed by atoms with Crippen LogP contribution in [0.1, 0.15) is 25.3 Å². The van der Waals surface area contributed by atoms with Gasteiger partial charge < -0.3 is 15.0 Å². The Bertz CT molecular complexity index is 511. The minimum Gasteiger partial charge on any atom is -0.489 e. The highest BCUT2D eigenvalue weighted by atomic mass is 127. The topological polar surface area (TPSA) is 36.9 Å². The molecule has 1 N–H and O–H groups in total. The maximum absolute atomic E-state index is 5.70. The van der Waals surface area contributed by atoms with Crippen molar-refractivity contribution in [3.63, 3.8) is 0 Å². The molecule has 0 atom stereocenters. The van der Waals surface area contributed by atoms with Gasteiger partial charge in [-0.25, -0.2) is 0 Å². The van der Waals surface area contributed by atoms with E-state index in [0.717, 1.165) is 36.3 Å². The standard InChI is InChI=1S/C18H27N3O.HI/c1-4-13-22-17-8-6-5-7-16(17)14-20-18(19-3)21-11-9-15(2)10-12-21;/h4-8,15H,1,9-14H2,2-3H3,(H,19,20);1H. The Labute approximate surface area is 157 Å². The number of guanidine groups is 1. The summed E-state index contributed by atoms with van der Waals surface area (Å²) in [4.78, 5) is 6.76. The van der Waals surface area contributed by atoms with Crippen molar-refractivity contribution in [3.8, 4) is 5.75 Å². The highest BCUT2D eigenvalue weighted by molar-refractivity contribution is 14.0. The molecule has 1 aliphatic rings. The number of nitrogens with one attached hydrogen (secondary N) is 1. The van der Waals surface area contributed by atoms with Gasteiger partial charge in [0, 0.05) is 32.2 Å². The number of hydrogen-bond donors (Lipinski definition) is 1. The lowest BCUT2D eigenvalue weighted by molar-refractivity contribution is 0.273. The highest BCUT2D eigenvalue weighted by Crippen LogP contribution is 2.19. The second-order valence-electron chi connectivity index (χ2n) is 5.78. The minimum atomic E-state index is 0. The van der Waals surface area contributed by atoms with Gasteiger partial charge in [-0.15, -0.1) is 24.0 Å². The minimum absolute atomic E-state index is 0. The van der Waals surface area contributed by atoms with E-state index in [-0.39, 0.29) is 24.0 Å². The van der Waals surface area contributed by atoms with Gasteiger partial charge in [0.25, 0.3) is 0 Å². The van der Waals surface area contributed by atoms with E-state index in [9.17, 15) is 0 Å². The summed E-state index contributed by atoms with van der Waals surface area (Å²) < 4.78 is 5.70. The van der Waals surface area contributed by atoms with E-state index in [0.29, 0.717) is 13.2 Å². The van der Waals surface area contributed by atoms with Gasteiger partial charge in [-0.3, -0.25) is 4.99 Å². The molecule has 0 saturated carbocycles. The molecule has 23 heavy (non-hydrogen) atoms. The molecule has 0 unspecified atom stereocenters. The molecule has 1 saturated heterocycles. The fraction of sp³-hybridized carbons (Fsp3) is 0.500. The monoisotopic (exact) mass is 429 g/mol.